The second-order valence-corrected chi connectivity index (χ2v) is 7.58. The summed E-state index contributed by atoms with van der Waals surface area (Å²) in [7, 11) is 3.22. The molecule has 0 saturated heterocycles. The van der Waals surface area contributed by atoms with Crippen LogP contribution in [0.15, 0.2) is 42.5 Å². The molecule has 0 unspecified atom stereocenters. The minimum atomic E-state index is -0.749. The van der Waals surface area contributed by atoms with E-state index in [2.05, 4.69) is 0 Å². The standard InChI is InChI=1S/C23H26N2O5/c1-15(26)24-14-22(30-21-7-5-4-6-19(21)24)23(27)25(17-8-9-17)13-16-12-18(28-2)10-11-20(16)29-3/h4-7,10-12,17,22H,8-9,13-14H2,1-3H3/t22-/m1/s1. The maximum absolute atomic E-state index is 13.5. The summed E-state index contributed by atoms with van der Waals surface area (Å²) in [6, 6.07) is 13.0. The van der Waals surface area contributed by atoms with Gasteiger partial charge in [-0.3, -0.25) is 9.59 Å². The largest absolute Gasteiger partial charge is 0.497 e. The maximum Gasteiger partial charge on any atom is 0.266 e. The molecule has 2 aromatic rings. The molecule has 7 nitrogen and oxygen atoms in total. The van der Waals surface area contributed by atoms with E-state index in [0.717, 1.165) is 18.4 Å². The van der Waals surface area contributed by atoms with E-state index in [-0.39, 0.29) is 24.4 Å². The lowest BCUT2D eigenvalue weighted by Gasteiger charge is -2.36. The molecule has 1 heterocycles. The zero-order valence-electron chi connectivity index (χ0n) is 17.5. The Kier molecular flexibility index (Phi) is 5.53. The van der Waals surface area contributed by atoms with Crippen molar-refractivity contribution in [2.45, 2.75) is 38.5 Å². The predicted molar refractivity (Wildman–Crippen MR) is 112 cm³/mol. The summed E-state index contributed by atoms with van der Waals surface area (Å²) in [5, 5.41) is 0. The molecule has 30 heavy (non-hydrogen) atoms. The van der Waals surface area contributed by atoms with Gasteiger partial charge in [0, 0.05) is 25.1 Å². The number of anilines is 1. The Morgan fingerprint density at radius 2 is 1.90 bits per heavy atom. The number of benzene rings is 2. The van der Waals surface area contributed by atoms with Crippen molar-refractivity contribution >= 4 is 17.5 Å². The van der Waals surface area contributed by atoms with Gasteiger partial charge in [0.25, 0.3) is 5.91 Å². The number of amides is 2. The third kappa shape index (κ3) is 3.92. The van der Waals surface area contributed by atoms with Crippen LogP contribution in [0, 0.1) is 0 Å². The topological polar surface area (TPSA) is 68.3 Å². The summed E-state index contributed by atoms with van der Waals surface area (Å²) in [5.74, 6) is 1.72. The molecular formula is C23H26N2O5. The fourth-order valence-electron chi connectivity index (χ4n) is 3.81. The van der Waals surface area contributed by atoms with Crippen LogP contribution in [0.4, 0.5) is 5.69 Å². The lowest BCUT2D eigenvalue weighted by molar-refractivity contribution is -0.140. The molecule has 1 atom stereocenters. The highest BCUT2D eigenvalue weighted by molar-refractivity contribution is 5.96. The van der Waals surface area contributed by atoms with E-state index in [1.54, 1.807) is 25.2 Å². The molecular weight excluding hydrogens is 384 g/mol. The summed E-state index contributed by atoms with van der Waals surface area (Å²) >= 11 is 0. The van der Waals surface area contributed by atoms with Crippen molar-refractivity contribution in [2.24, 2.45) is 0 Å². The highest BCUT2D eigenvalue weighted by Crippen LogP contribution is 2.36. The molecule has 158 valence electrons. The predicted octanol–water partition coefficient (Wildman–Crippen LogP) is 3.01. The number of para-hydroxylation sites is 2. The molecule has 1 fully saturated rings. The monoisotopic (exact) mass is 410 g/mol. The van der Waals surface area contributed by atoms with Crippen molar-refractivity contribution in [3.63, 3.8) is 0 Å². The Balaban J connectivity index is 1.60. The first kappa shape index (κ1) is 20.1. The molecule has 0 aromatic heterocycles. The van der Waals surface area contributed by atoms with E-state index in [0.29, 0.717) is 29.5 Å². The summed E-state index contributed by atoms with van der Waals surface area (Å²) in [5.41, 5.74) is 1.57. The number of nitrogens with zero attached hydrogens (tertiary/aromatic N) is 2. The molecule has 1 aliphatic heterocycles. The van der Waals surface area contributed by atoms with Crippen molar-refractivity contribution < 1.29 is 23.8 Å². The molecule has 0 radical (unpaired) electrons. The van der Waals surface area contributed by atoms with Crippen LogP contribution in [0.1, 0.15) is 25.3 Å². The summed E-state index contributed by atoms with van der Waals surface area (Å²) in [6.45, 7) is 2.10. The smallest absolute Gasteiger partial charge is 0.266 e. The molecule has 0 bridgehead atoms. The molecule has 2 aromatic carbocycles. The number of hydrogen-bond acceptors (Lipinski definition) is 5. The molecule has 2 amide bonds. The Hall–Kier alpha value is -3.22. The number of carbonyl (C=O) groups excluding carboxylic acids is 2. The van der Waals surface area contributed by atoms with Gasteiger partial charge in [0.15, 0.2) is 6.10 Å². The molecule has 4 rings (SSSR count). The Morgan fingerprint density at radius 3 is 2.57 bits per heavy atom. The second-order valence-electron chi connectivity index (χ2n) is 7.58. The van der Waals surface area contributed by atoms with Crippen LogP contribution in [0.25, 0.3) is 0 Å². The SMILES string of the molecule is COc1ccc(OC)c(CN(C(=O)[C@H]2CN(C(C)=O)c3ccccc3O2)C2CC2)c1. The summed E-state index contributed by atoms with van der Waals surface area (Å²) in [4.78, 5) is 29.2. The fourth-order valence-corrected chi connectivity index (χ4v) is 3.81. The van der Waals surface area contributed by atoms with E-state index >= 15 is 0 Å². The van der Waals surface area contributed by atoms with Crippen molar-refractivity contribution in [1.29, 1.82) is 0 Å². The van der Waals surface area contributed by atoms with E-state index < -0.39 is 6.10 Å². The quantitative estimate of drug-likeness (QED) is 0.732. The average Bonchev–Trinajstić information content (AvgIpc) is 3.61. The minimum Gasteiger partial charge on any atom is -0.497 e. The van der Waals surface area contributed by atoms with Gasteiger partial charge in [-0.05, 0) is 43.2 Å². The van der Waals surface area contributed by atoms with Gasteiger partial charge >= 0.3 is 0 Å². The lowest BCUT2D eigenvalue weighted by Crippen LogP contribution is -2.51. The number of methoxy groups -OCH3 is 2. The van der Waals surface area contributed by atoms with Gasteiger partial charge in [-0.2, -0.15) is 0 Å². The molecule has 0 spiro atoms. The zero-order chi connectivity index (χ0) is 21.3. The van der Waals surface area contributed by atoms with Crippen LogP contribution < -0.4 is 19.1 Å². The van der Waals surface area contributed by atoms with Crippen LogP contribution in [-0.2, 0) is 16.1 Å². The van der Waals surface area contributed by atoms with Crippen molar-refractivity contribution in [1.82, 2.24) is 4.90 Å². The third-order valence-corrected chi connectivity index (χ3v) is 5.53. The molecule has 1 saturated carbocycles. The third-order valence-electron chi connectivity index (χ3n) is 5.53. The normalized spacial score (nSPS) is 17.6. The fraction of sp³-hybridized carbons (Fsp3) is 0.391. The average molecular weight is 410 g/mol. The highest BCUT2D eigenvalue weighted by Gasteiger charge is 2.40. The first-order valence-corrected chi connectivity index (χ1v) is 10.1. The highest BCUT2D eigenvalue weighted by atomic mass is 16.5. The minimum absolute atomic E-state index is 0.115. The van der Waals surface area contributed by atoms with Crippen molar-refractivity contribution in [2.75, 3.05) is 25.7 Å². The Labute approximate surface area is 176 Å². The maximum atomic E-state index is 13.5. The number of hydrogen-bond donors (Lipinski definition) is 0. The first-order valence-electron chi connectivity index (χ1n) is 10.1. The van der Waals surface area contributed by atoms with E-state index in [9.17, 15) is 9.59 Å². The van der Waals surface area contributed by atoms with Crippen molar-refractivity contribution in [3.05, 3.63) is 48.0 Å². The molecule has 0 N–H and O–H groups in total. The lowest BCUT2D eigenvalue weighted by atomic mass is 10.1. The van der Waals surface area contributed by atoms with Gasteiger partial charge < -0.3 is 24.0 Å². The Morgan fingerprint density at radius 1 is 1.13 bits per heavy atom. The van der Waals surface area contributed by atoms with Crippen LogP contribution in [0.5, 0.6) is 17.2 Å². The van der Waals surface area contributed by atoms with Crippen LogP contribution in [0.2, 0.25) is 0 Å². The molecule has 2 aliphatic rings. The second kappa shape index (κ2) is 8.26. The van der Waals surface area contributed by atoms with E-state index in [1.807, 2.05) is 41.3 Å². The number of fused-ring (bicyclic) bond motifs is 1. The van der Waals surface area contributed by atoms with E-state index in [4.69, 9.17) is 14.2 Å². The Bertz CT molecular complexity index is 956. The molecule has 1 aliphatic carbocycles. The number of carbonyl (C=O) groups is 2. The van der Waals surface area contributed by atoms with Gasteiger partial charge in [0.1, 0.15) is 17.2 Å². The van der Waals surface area contributed by atoms with Gasteiger partial charge in [-0.15, -0.1) is 0 Å². The van der Waals surface area contributed by atoms with Gasteiger partial charge in [-0.1, -0.05) is 12.1 Å². The first-order chi connectivity index (χ1) is 14.5. The van der Waals surface area contributed by atoms with Crippen LogP contribution >= 0.6 is 0 Å². The van der Waals surface area contributed by atoms with Crippen LogP contribution in [-0.4, -0.2) is 49.6 Å². The molecule has 7 heteroatoms. The van der Waals surface area contributed by atoms with Gasteiger partial charge in [0.05, 0.1) is 26.5 Å². The van der Waals surface area contributed by atoms with Crippen molar-refractivity contribution in [3.8, 4) is 17.2 Å². The number of ether oxygens (including phenoxy) is 3. The van der Waals surface area contributed by atoms with Gasteiger partial charge in [0.2, 0.25) is 5.91 Å². The summed E-state index contributed by atoms with van der Waals surface area (Å²) in [6.07, 6.45) is 1.16. The van der Waals surface area contributed by atoms with E-state index in [1.165, 1.54) is 6.92 Å². The number of rotatable bonds is 6. The van der Waals surface area contributed by atoms with Crippen LogP contribution in [0.3, 0.4) is 0 Å². The summed E-state index contributed by atoms with van der Waals surface area (Å²) < 4.78 is 16.9. The zero-order valence-corrected chi connectivity index (χ0v) is 17.5. The van der Waals surface area contributed by atoms with Gasteiger partial charge in [-0.25, -0.2) is 0 Å².